The Bertz CT molecular complexity index is 1310. The van der Waals surface area contributed by atoms with Gasteiger partial charge in [0.2, 0.25) is 15.9 Å². The number of nitrogens with zero attached hydrogens (tertiary/aromatic N) is 5. The lowest BCUT2D eigenvalue weighted by atomic mass is 10.2. The van der Waals surface area contributed by atoms with Gasteiger partial charge >= 0.3 is 0 Å². The molecule has 166 valence electrons. The third kappa shape index (κ3) is 3.68. The Morgan fingerprint density at radius 2 is 1.84 bits per heavy atom. The number of hydrogen-bond donors (Lipinski definition) is 0. The maximum atomic E-state index is 12.9. The van der Waals surface area contributed by atoms with Crippen LogP contribution in [-0.4, -0.2) is 64.4 Å². The molecule has 1 aliphatic heterocycles. The fourth-order valence-corrected chi connectivity index (χ4v) is 6.48. The topological polar surface area (TPSA) is 119 Å². The normalized spacial score (nSPS) is 15.7. The van der Waals surface area contributed by atoms with E-state index in [9.17, 15) is 18.0 Å². The van der Waals surface area contributed by atoms with Gasteiger partial charge in [0.15, 0.2) is 5.76 Å². The van der Waals surface area contributed by atoms with E-state index >= 15 is 0 Å². The minimum atomic E-state index is -3.75. The summed E-state index contributed by atoms with van der Waals surface area (Å²) in [5, 5.41) is 4.27. The third-order valence-corrected chi connectivity index (χ3v) is 8.88. The minimum absolute atomic E-state index is 0.0830. The van der Waals surface area contributed by atoms with E-state index in [1.54, 1.807) is 18.7 Å². The predicted molar refractivity (Wildman–Crippen MR) is 115 cm³/mol. The second kappa shape index (κ2) is 7.84. The number of carbonyl (C=O) groups excluding carboxylic acids is 1. The first-order valence-corrected chi connectivity index (χ1v) is 12.0. The highest BCUT2D eigenvalue weighted by Crippen LogP contribution is 2.26. The van der Waals surface area contributed by atoms with Crippen LogP contribution in [0.25, 0.3) is 10.2 Å². The van der Waals surface area contributed by atoms with Crippen molar-refractivity contribution in [3.8, 4) is 0 Å². The van der Waals surface area contributed by atoms with Gasteiger partial charge in [0.05, 0.1) is 11.7 Å². The Balaban J connectivity index is 1.47. The van der Waals surface area contributed by atoms with Gasteiger partial charge in [-0.05, 0) is 33.3 Å². The molecule has 1 saturated heterocycles. The largest absolute Gasteiger partial charge is 0.360 e. The predicted octanol–water partition coefficient (Wildman–Crippen LogP) is 1.21. The van der Waals surface area contributed by atoms with Crippen molar-refractivity contribution in [3.63, 3.8) is 0 Å². The molecule has 4 rings (SSSR count). The molecule has 0 N–H and O–H groups in total. The number of sulfonamides is 1. The van der Waals surface area contributed by atoms with E-state index in [4.69, 9.17) is 4.52 Å². The van der Waals surface area contributed by atoms with Crippen molar-refractivity contribution in [1.82, 2.24) is 23.9 Å². The second-order valence-electron chi connectivity index (χ2n) is 7.58. The Labute approximate surface area is 183 Å². The number of aryl methyl sites for hydroxylation is 4. The van der Waals surface area contributed by atoms with Crippen molar-refractivity contribution in [3.05, 3.63) is 38.6 Å². The van der Waals surface area contributed by atoms with E-state index in [0.717, 1.165) is 10.4 Å². The summed E-state index contributed by atoms with van der Waals surface area (Å²) in [6.45, 7) is 7.63. The Morgan fingerprint density at radius 1 is 1.16 bits per heavy atom. The molecule has 1 amide bonds. The van der Waals surface area contributed by atoms with E-state index in [-0.39, 0.29) is 54.8 Å². The maximum Gasteiger partial charge on any atom is 0.262 e. The molecule has 0 unspecified atom stereocenters. The molecule has 1 fully saturated rings. The number of thiophene rings is 1. The molecule has 0 radical (unpaired) electrons. The fourth-order valence-electron chi connectivity index (χ4n) is 3.78. The average molecular weight is 466 g/mol. The molecule has 10 nitrogen and oxygen atoms in total. The highest BCUT2D eigenvalue weighted by Gasteiger charge is 2.34. The van der Waals surface area contributed by atoms with Crippen molar-refractivity contribution < 1.29 is 17.7 Å². The molecular weight excluding hydrogens is 442 g/mol. The van der Waals surface area contributed by atoms with Crippen LogP contribution in [0.4, 0.5) is 0 Å². The van der Waals surface area contributed by atoms with Gasteiger partial charge in [0.1, 0.15) is 22.0 Å². The van der Waals surface area contributed by atoms with Crippen LogP contribution >= 0.6 is 11.3 Å². The molecule has 3 aromatic heterocycles. The van der Waals surface area contributed by atoms with Gasteiger partial charge in [0.25, 0.3) is 5.56 Å². The summed E-state index contributed by atoms with van der Waals surface area (Å²) in [6, 6.07) is 0. The SMILES string of the molecule is Cc1noc(C)c1S(=O)(=O)N1CCN(C(=O)Cn2cnc3sc(C)c(C)c3c2=O)CC1. The summed E-state index contributed by atoms with van der Waals surface area (Å²) in [5.41, 5.74) is 0.967. The first-order valence-electron chi connectivity index (χ1n) is 9.77. The zero-order valence-electron chi connectivity index (χ0n) is 17.7. The molecule has 0 aliphatic carbocycles. The van der Waals surface area contributed by atoms with Crippen molar-refractivity contribution >= 4 is 37.5 Å². The summed E-state index contributed by atoms with van der Waals surface area (Å²) in [7, 11) is -3.75. The number of hydrogen-bond acceptors (Lipinski definition) is 8. The maximum absolute atomic E-state index is 12.9. The van der Waals surface area contributed by atoms with Gasteiger partial charge in [-0.1, -0.05) is 5.16 Å². The highest BCUT2D eigenvalue weighted by molar-refractivity contribution is 7.89. The zero-order valence-corrected chi connectivity index (χ0v) is 19.3. The number of amides is 1. The van der Waals surface area contributed by atoms with Crippen LogP contribution in [0.15, 0.2) is 20.5 Å². The van der Waals surface area contributed by atoms with Crippen LogP contribution < -0.4 is 5.56 Å². The third-order valence-electron chi connectivity index (χ3n) is 5.62. The van der Waals surface area contributed by atoms with Gasteiger partial charge in [0, 0.05) is 31.1 Å². The number of aromatic nitrogens is 3. The summed E-state index contributed by atoms with van der Waals surface area (Å²) in [6.07, 6.45) is 1.40. The minimum Gasteiger partial charge on any atom is -0.360 e. The van der Waals surface area contributed by atoms with Crippen molar-refractivity contribution in [2.75, 3.05) is 26.2 Å². The molecule has 3 aromatic rings. The van der Waals surface area contributed by atoms with Gasteiger partial charge < -0.3 is 9.42 Å². The molecular formula is C19H23N5O5S2. The lowest BCUT2D eigenvalue weighted by molar-refractivity contribution is -0.133. The van der Waals surface area contributed by atoms with Crippen LogP contribution in [0.5, 0.6) is 0 Å². The van der Waals surface area contributed by atoms with Crippen molar-refractivity contribution in [2.45, 2.75) is 39.1 Å². The Kier molecular flexibility index (Phi) is 5.48. The monoisotopic (exact) mass is 465 g/mol. The van der Waals surface area contributed by atoms with Gasteiger partial charge in [-0.3, -0.25) is 14.2 Å². The smallest absolute Gasteiger partial charge is 0.262 e. The quantitative estimate of drug-likeness (QED) is 0.568. The Hall–Kier alpha value is -2.57. The van der Waals surface area contributed by atoms with Crippen molar-refractivity contribution in [2.24, 2.45) is 0 Å². The summed E-state index contributed by atoms with van der Waals surface area (Å²) >= 11 is 1.46. The summed E-state index contributed by atoms with van der Waals surface area (Å²) < 4.78 is 33.5. The lowest BCUT2D eigenvalue weighted by Gasteiger charge is -2.34. The van der Waals surface area contributed by atoms with Crippen LogP contribution in [0, 0.1) is 27.7 Å². The van der Waals surface area contributed by atoms with E-state index in [1.165, 1.54) is 26.5 Å². The fraction of sp³-hybridized carbons (Fsp3) is 0.474. The number of rotatable bonds is 4. The number of fused-ring (bicyclic) bond motifs is 1. The standard InChI is InChI=1S/C19H23N5O5S2/c1-11-14(4)30-18-16(11)19(26)23(10-20-18)9-15(25)22-5-7-24(8-6-22)31(27,28)17-12(2)21-29-13(17)3/h10H,5-9H2,1-4H3. The molecule has 12 heteroatoms. The van der Waals surface area contributed by atoms with E-state index in [2.05, 4.69) is 10.1 Å². The van der Waals surface area contributed by atoms with E-state index in [1.807, 2.05) is 13.8 Å². The zero-order chi connectivity index (χ0) is 22.5. The number of carbonyl (C=O) groups is 1. The molecule has 1 aliphatic rings. The van der Waals surface area contributed by atoms with Gasteiger partial charge in [-0.25, -0.2) is 13.4 Å². The summed E-state index contributed by atoms with van der Waals surface area (Å²) in [4.78, 5) is 33.3. The summed E-state index contributed by atoms with van der Waals surface area (Å²) in [5.74, 6) is -0.000486. The van der Waals surface area contributed by atoms with Crippen LogP contribution in [-0.2, 0) is 21.4 Å². The molecule has 0 aromatic carbocycles. The second-order valence-corrected chi connectivity index (χ2v) is 10.7. The van der Waals surface area contributed by atoms with Crippen LogP contribution in [0.3, 0.4) is 0 Å². The van der Waals surface area contributed by atoms with Gasteiger partial charge in [-0.15, -0.1) is 11.3 Å². The van der Waals surface area contributed by atoms with Gasteiger partial charge in [-0.2, -0.15) is 4.31 Å². The Morgan fingerprint density at radius 3 is 2.45 bits per heavy atom. The van der Waals surface area contributed by atoms with Crippen LogP contribution in [0.2, 0.25) is 0 Å². The number of piperazine rings is 1. The van der Waals surface area contributed by atoms with Crippen LogP contribution in [0.1, 0.15) is 21.9 Å². The molecule has 0 atom stereocenters. The van der Waals surface area contributed by atoms with E-state index in [0.29, 0.717) is 15.9 Å². The molecule has 4 heterocycles. The molecule has 0 saturated carbocycles. The van der Waals surface area contributed by atoms with Crippen molar-refractivity contribution in [1.29, 1.82) is 0 Å². The van der Waals surface area contributed by atoms with E-state index < -0.39 is 10.0 Å². The first-order chi connectivity index (χ1) is 14.6. The lowest BCUT2D eigenvalue weighted by Crippen LogP contribution is -2.51. The highest BCUT2D eigenvalue weighted by atomic mass is 32.2. The molecule has 0 bridgehead atoms. The average Bonchev–Trinajstić information content (AvgIpc) is 3.22. The molecule has 31 heavy (non-hydrogen) atoms. The first kappa shape index (κ1) is 21.7. The molecule has 0 spiro atoms.